The van der Waals surface area contributed by atoms with E-state index in [0.29, 0.717) is 102 Å². The normalized spacial score (nSPS) is 13.4. The van der Waals surface area contributed by atoms with Gasteiger partial charge in [0.05, 0.1) is 72.1 Å². The Morgan fingerprint density at radius 1 is 0.450 bits per heavy atom. The molecule has 18 heteroatoms. The summed E-state index contributed by atoms with van der Waals surface area (Å²) >= 11 is 0. The Morgan fingerprint density at radius 2 is 1.04 bits per heavy atom. The molecular weight excluding hydrogens is 2120 g/mol. The molecule has 718 valence electrons. The molecule has 9 aromatic heterocycles. The summed E-state index contributed by atoms with van der Waals surface area (Å²) in [6.07, 6.45) is 4.43. The Labute approximate surface area is 862 Å². The van der Waals surface area contributed by atoms with Crippen LogP contribution < -0.4 is 10.4 Å². The number of hydrogen-bond acceptors (Lipinski definition) is 9. The van der Waals surface area contributed by atoms with Crippen molar-refractivity contribution >= 4 is 147 Å². The van der Waals surface area contributed by atoms with Crippen LogP contribution in [0.5, 0.6) is 0 Å². The van der Waals surface area contributed by atoms with Gasteiger partial charge in [-0.3, -0.25) is 23.7 Å². The molecule has 140 heavy (non-hydrogen) atoms. The monoisotopic (exact) mass is 2250 g/mol. The second-order valence-corrected chi connectivity index (χ2v) is 51.0. The van der Waals surface area contributed by atoms with Gasteiger partial charge in [0.2, 0.25) is 11.4 Å². The Balaban J connectivity index is 0.000000146. The zero-order valence-corrected chi connectivity index (χ0v) is 90.2. The number of furan rings is 2. The van der Waals surface area contributed by atoms with Crippen molar-refractivity contribution in [2.24, 2.45) is 11.3 Å². The van der Waals surface area contributed by atoms with Crippen LogP contribution in [-0.4, -0.2) is 60.2 Å². The molecule has 21 aromatic rings. The molecule has 0 aliphatic carbocycles. The van der Waals surface area contributed by atoms with Crippen LogP contribution in [0.1, 0.15) is 187 Å². The quantitative estimate of drug-likeness (QED) is 0.0594. The molecule has 0 bridgehead atoms. The van der Waals surface area contributed by atoms with Crippen molar-refractivity contribution in [2.45, 2.75) is 207 Å². The standard InChI is InChI=1S/C39H32FN4O.C31H30N3O.C19H25FNSi.C18H18.C15H17FNSi.2Ir/c1-20(2)29-16-22(5)17-30(21(3)4)35(29)44-36-33(14-12-24-11-10-23(6)41-34(24)36)42-38(44)28-9-7-8-27-31-19-25-18-26(40)13-15-32(25)43-39(31)45-37(27)28;1-7-34-27-24-17-18(2)11-12-20(24)13-15-26(27)32-29(34)23-10-8-9-21-22-14-16-25(19(3)31(4,5)6)33-30(22)35-28(21)23;1-13(2)9-15-11-18(21-12-19(15)22(4,5)6)17-8-7-16(20)10-14(17)3;1-12(2)18-13(3)14-8-4-5-9-15(14)16-10-6-7-11-17(16)18;1-11-9-14(12-5-7-13(16)8-6-12)17-10-15(11)18(2,3)4;;/h7-8,10-21H,1-6H3;8-9,11-17,19H,7H2,1-6H3;7,10-13H,9H2,1-6H3;4-12H,1-3H3;5,7-10H,1-4H3;;/q3*-1;;-1;;/i6D3;;3D3;;1D3;;. The van der Waals surface area contributed by atoms with E-state index in [2.05, 4.69) is 303 Å². The topological polar surface area (TPSA) is 126 Å². The average Bonchev–Trinajstić information content (AvgIpc) is 1.56. The van der Waals surface area contributed by atoms with Gasteiger partial charge < -0.3 is 27.9 Å². The van der Waals surface area contributed by atoms with Crippen LogP contribution in [0.2, 0.25) is 39.3 Å². The zero-order chi connectivity index (χ0) is 106. The Kier molecular flexibility index (Phi) is 26.5. The molecule has 1 unspecified atom stereocenters. The summed E-state index contributed by atoms with van der Waals surface area (Å²) in [6.45, 7) is 42.1. The van der Waals surface area contributed by atoms with E-state index in [-0.39, 0.29) is 80.4 Å². The maximum Gasteiger partial charge on any atom is 0.216 e. The number of imidazole rings is 2. The second kappa shape index (κ2) is 41.1. The third-order valence-electron chi connectivity index (χ3n) is 26.3. The Morgan fingerprint density at radius 3 is 1.66 bits per heavy atom. The van der Waals surface area contributed by atoms with Gasteiger partial charge in [0.15, 0.2) is 0 Å². The summed E-state index contributed by atoms with van der Waals surface area (Å²) in [7, 11) is -3.38. The third kappa shape index (κ3) is 20.5. The van der Waals surface area contributed by atoms with E-state index in [1.807, 2.05) is 54.7 Å². The minimum absolute atomic E-state index is 0. The molecule has 0 amide bonds. The molecule has 1 atom stereocenters. The van der Waals surface area contributed by atoms with Crippen LogP contribution in [0.15, 0.2) is 240 Å². The summed E-state index contributed by atoms with van der Waals surface area (Å²) in [5, 5.41) is 15.2. The maximum absolute atomic E-state index is 14.2. The number of pyridine rings is 5. The van der Waals surface area contributed by atoms with Crippen LogP contribution in [-0.2, 0) is 53.2 Å². The van der Waals surface area contributed by atoms with Gasteiger partial charge in [0.25, 0.3) is 0 Å². The van der Waals surface area contributed by atoms with E-state index in [0.717, 1.165) is 107 Å². The predicted molar refractivity (Wildman–Crippen MR) is 577 cm³/mol. The number of halogens is 3. The number of rotatable bonds is 14. The van der Waals surface area contributed by atoms with E-state index in [1.165, 1.54) is 90.1 Å². The fourth-order valence-electron chi connectivity index (χ4n) is 19.1. The smallest absolute Gasteiger partial charge is 0.216 e. The summed E-state index contributed by atoms with van der Waals surface area (Å²) in [5.41, 5.74) is 21.9. The number of benzene rings is 12. The maximum atomic E-state index is 14.2. The first-order valence-electron chi connectivity index (χ1n) is 52.1. The molecule has 0 saturated heterocycles. The predicted octanol–water partition coefficient (Wildman–Crippen LogP) is 32.6. The third-order valence-corrected chi connectivity index (χ3v) is 30.4. The van der Waals surface area contributed by atoms with Gasteiger partial charge in [-0.2, -0.15) is 0 Å². The largest absolute Gasteiger partial charge is 0.486 e. The van der Waals surface area contributed by atoms with Crippen molar-refractivity contribution in [3.8, 4) is 51.0 Å². The van der Waals surface area contributed by atoms with E-state index in [4.69, 9.17) is 46.1 Å². The first-order valence-corrected chi connectivity index (χ1v) is 54.6. The molecular formula is C122H122F3Ir2N9O2Si2-4. The summed E-state index contributed by atoms with van der Waals surface area (Å²) in [4.78, 5) is 33.6. The Bertz CT molecular complexity index is 8640. The van der Waals surface area contributed by atoms with Crippen LogP contribution in [0, 0.1) is 94.4 Å². The number of hydrogen-bond donors (Lipinski definition) is 0. The number of aromatic nitrogens is 9. The van der Waals surface area contributed by atoms with Crippen LogP contribution in [0.25, 0.3) is 171 Å². The van der Waals surface area contributed by atoms with Crippen molar-refractivity contribution in [3.05, 3.63) is 334 Å². The van der Waals surface area contributed by atoms with Crippen LogP contribution >= 0.6 is 0 Å². The number of fused-ring (bicyclic) bond motifs is 16. The van der Waals surface area contributed by atoms with Gasteiger partial charge in [0, 0.05) is 133 Å². The molecule has 21 rings (SSSR count). The van der Waals surface area contributed by atoms with Crippen molar-refractivity contribution in [1.29, 1.82) is 0 Å². The minimum Gasteiger partial charge on any atom is -0.486 e. The molecule has 0 N–H and O–H groups in total. The molecule has 9 heterocycles. The van der Waals surface area contributed by atoms with Crippen molar-refractivity contribution < 1.29 is 74.6 Å². The molecule has 2 radical (unpaired) electrons. The van der Waals surface area contributed by atoms with Crippen LogP contribution in [0.4, 0.5) is 13.2 Å². The summed E-state index contributed by atoms with van der Waals surface area (Å²) < 4.78 is 129. The molecule has 0 aliphatic rings. The Hall–Kier alpha value is -12.2. The van der Waals surface area contributed by atoms with Gasteiger partial charge in [0.1, 0.15) is 5.82 Å². The number of nitrogens with zero attached hydrogens (tertiary/aromatic N) is 9. The molecule has 11 nitrogen and oxygen atoms in total. The average molecular weight is 2250 g/mol. The van der Waals surface area contributed by atoms with Gasteiger partial charge in [-0.1, -0.05) is 277 Å². The van der Waals surface area contributed by atoms with Gasteiger partial charge >= 0.3 is 0 Å². The first-order chi connectivity index (χ1) is 69.3. The fraction of sp³-hybridized carbons (Fsp3) is 0.270. The summed E-state index contributed by atoms with van der Waals surface area (Å²) in [5.74, 6) is 1.82. The molecule has 0 saturated carbocycles. The molecule has 12 aromatic carbocycles. The molecule has 0 aliphatic heterocycles. The van der Waals surface area contributed by atoms with Gasteiger partial charge in [-0.05, 0) is 209 Å². The van der Waals surface area contributed by atoms with Crippen molar-refractivity contribution in [2.75, 3.05) is 0 Å². The minimum atomic E-state index is -2.41. The van der Waals surface area contributed by atoms with Crippen molar-refractivity contribution in [1.82, 2.24) is 44.0 Å². The molecule has 0 spiro atoms. The first kappa shape index (κ1) is 90.3. The SMILES string of the molecule is CCn1c(-c2[c-]ccc3c2oc2nc(C(C)C(C)(C)C)ccc23)nc2ccc3ccc(C)cc3c21.Cc1c(C(C)C)c2ccccc2c2ccccc12.[2H]C([2H])([2H])c1cc(-c2[c-]cc(F)cc2)ncc1[Si](C)(C)C.[2H]C([2H])([2H])c1cc(F)c[c-]c1-c1cc(CC(C)C)c([Si](C)(C)C)cn1.[2H]C([2H])([2H])c1ccc2ccc3nc(-c4[c-]ccc5c4oc4nc6ccc(F)cc6cc45)n(-c4c(C(C)C)cc(C)cc4C(C)C)c3c2n1.[Ir].[Ir]. The summed E-state index contributed by atoms with van der Waals surface area (Å²) in [6, 6.07) is 80.9. The fourth-order valence-corrected chi connectivity index (χ4v) is 22.0. The van der Waals surface area contributed by atoms with Gasteiger partial charge in [-0.25, -0.2) is 14.4 Å². The van der Waals surface area contributed by atoms with Gasteiger partial charge in [-0.15, -0.1) is 95.6 Å². The van der Waals surface area contributed by atoms with E-state index in [9.17, 15) is 13.2 Å². The van der Waals surface area contributed by atoms with Crippen molar-refractivity contribution in [3.63, 3.8) is 0 Å². The second-order valence-electron chi connectivity index (χ2n) is 40.9. The van der Waals surface area contributed by atoms with E-state index in [1.54, 1.807) is 30.5 Å². The van der Waals surface area contributed by atoms with Crippen LogP contribution in [0.3, 0.4) is 0 Å². The molecule has 0 fully saturated rings. The van der Waals surface area contributed by atoms with E-state index < -0.39 is 42.5 Å². The number of aryl methyl sites for hydroxylation is 7. The zero-order valence-electron chi connectivity index (χ0n) is 92.4. The van der Waals surface area contributed by atoms with E-state index >= 15 is 0 Å².